The van der Waals surface area contributed by atoms with E-state index in [9.17, 15) is 18.0 Å². The number of nitrogens with zero attached hydrogens (tertiary/aromatic N) is 3. The van der Waals surface area contributed by atoms with Crippen LogP contribution in [0.3, 0.4) is 0 Å². The summed E-state index contributed by atoms with van der Waals surface area (Å²) in [5.41, 5.74) is 3.78. The van der Waals surface area contributed by atoms with Crippen molar-refractivity contribution in [2.24, 2.45) is 4.99 Å². The smallest absolute Gasteiger partial charge is 0.406 e. The zero-order valence-electron chi connectivity index (χ0n) is 18.9. The number of aromatic nitrogens is 2. The van der Waals surface area contributed by atoms with E-state index in [2.05, 4.69) is 31.9 Å². The molecule has 11 heteroatoms. The molecule has 35 heavy (non-hydrogen) atoms. The molecule has 182 valence electrons. The van der Waals surface area contributed by atoms with E-state index in [4.69, 9.17) is 9.72 Å². The predicted molar refractivity (Wildman–Crippen MR) is 124 cm³/mol. The first-order valence-corrected chi connectivity index (χ1v) is 11.0. The minimum atomic E-state index is -4.79. The number of hydrogen-bond donors (Lipinski definition) is 2. The van der Waals surface area contributed by atoms with Crippen LogP contribution in [0.25, 0.3) is 16.6 Å². The fourth-order valence-corrected chi connectivity index (χ4v) is 4.40. The maximum Gasteiger partial charge on any atom is 0.573 e. The van der Waals surface area contributed by atoms with E-state index in [-0.39, 0.29) is 11.8 Å². The van der Waals surface area contributed by atoms with E-state index in [1.54, 1.807) is 24.7 Å². The first kappa shape index (κ1) is 22.9. The Kier molecular flexibility index (Phi) is 5.72. The van der Waals surface area contributed by atoms with Crippen LogP contribution in [0.4, 0.5) is 18.9 Å². The summed E-state index contributed by atoms with van der Waals surface area (Å²) < 4.78 is 49.3. The number of imidazole rings is 1. The summed E-state index contributed by atoms with van der Waals surface area (Å²) in [6.45, 7) is 4.47. The molecule has 0 bridgehead atoms. The molecule has 2 aromatic carbocycles. The van der Waals surface area contributed by atoms with Gasteiger partial charge in [0.25, 0.3) is 5.91 Å². The topological polar surface area (TPSA) is 89.8 Å². The summed E-state index contributed by atoms with van der Waals surface area (Å²) in [7, 11) is 0. The third kappa shape index (κ3) is 4.46. The fourth-order valence-electron chi connectivity index (χ4n) is 4.40. The molecule has 0 aliphatic carbocycles. The number of alkyl halides is 3. The highest BCUT2D eigenvalue weighted by molar-refractivity contribution is 6.08. The summed E-state index contributed by atoms with van der Waals surface area (Å²) in [4.78, 5) is 22.3. The number of halogens is 3. The van der Waals surface area contributed by atoms with Crippen LogP contribution in [0.5, 0.6) is 5.75 Å². The van der Waals surface area contributed by atoms with Gasteiger partial charge >= 0.3 is 6.36 Å². The molecule has 0 saturated carbocycles. The Morgan fingerprint density at radius 3 is 2.77 bits per heavy atom. The van der Waals surface area contributed by atoms with Crippen molar-refractivity contribution in [3.63, 3.8) is 0 Å². The number of anilines is 1. The first-order chi connectivity index (χ1) is 16.7. The molecule has 2 aliphatic rings. The van der Waals surface area contributed by atoms with Crippen molar-refractivity contribution in [3.05, 3.63) is 59.5 Å². The number of nitrogens with one attached hydrogen (secondary N) is 2. The number of ether oxygens (including phenoxy) is 2. The molecule has 5 rings (SSSR count). The maximum atomic E-state index is 13.1. The van der Waals surface area contributed by atoms with Crippen molar-refractivity contribution in [2.45, 2.75) is 38.9 Å². The van der Waals surface area contributed by atoms with Gasteiger partial charge in [-0.3, -0.25) is 4.79 Å². The monoisotopic (exact) mass is 485 g/mol. The molecule has 0 saturated heterocycles. The average Bonchev–Trinajstić information content (AvgIpc) is 3.14. The van der Waals surface area contributed by atoms with Crippen molar-refractivity contribution < 1.29 is 27.4 Å². The maximum absolute atomic E-state index is 13.1. The Morgan fingerprint density at radius 2 is 2.06 bits per heavy atom. The highest BCUT2D eigenvalue weighted by Crippen LogP contribution is 2.37. The van der Waals surface area contributed by atoms with Crippen molar-refractivity contribution in [1.82, 2.24) is 14.9 Å². The Balaban J connectivity index is 1.53. The number of aliphatic imine (C=N–C) groups is 1. The Labute approximate surface area is 198 Å². The lowest BCUT2D eigenvalue weighted by Gasteiger charge is -2.29. The van der Waals surface area contributed by atoms with E-state index < -0.39 is 18.5 Å². The van der Waals surface area contributed by atoms with Gasteiger partial charge in [0.15, 0.2) is 6.23 Å². The summed E-state index contributed by atoms with van der Waals surface area (Å²) in [6.07, 6.45) is -1.11. The van der Waals surface area contributed by atoms with E-state index >= 15 is 0 Å². The molecule has 8 nitrogen and oxygen atoms in total. The largest absolute Gasteiger partial charge is 0.573 e. The lowest BCUT2D eigenvalue weighted by Crippen LogP contribution is -2.28. The van der Waals surface area contributed by atoms with Crippen molar-refractivity contribution in [2.75, 3.05) is 11.9 Å². The number of carbonyl (C=O) groups excluding carboxylic acids is 1. The van der Waals surface area contributed by atoms with Crippen LogP contribution in [0, 0.1) is 6.92 Å². The minimum absolute atomic E-state index is 0.0579. The first-order valence-electron chi connectivity index (χ1n) is 11.0. The average molecular weight is 485 g/mol. The van der Waals surface area contributed by atoms with Crippen LogP contribution >= 0.6 is 0 Å². The van der Waals surface area contributed by atoms with Gasteiger partial charge < -0.3 is 24.7 Å². The summed E-state index contributed by atoms with van der Waals surface area (Å²) in [5, 5.41) is 5.71. The van der Waals surface area contributed by atoms with Gasteiger partial charge in [-0.15, -0.1) is 13.2 Å². The summed E-state index contributed by atoms with van der Waals surface area (Å²) >= 11 is 0. The Bertz CT molecular complexity index is 1350. The van der Waals surface area contributed by atoms with Gasteiger partial charge in [0.1, 0.15) is 11.6 Å². The molecule has 1 aromatic heterocycles. The highest BCUT2D eigenvalue weighted by atomic mass is 19.4. The number of carbonyl (C=O) groups is 1. The molecule has 2 N–H and O–H groups in total. The molecule has 0 radical (unpaired) electrons. The van der Waals surface area contributed by atoms with Crippen molar-refractivity contribution in [1.29, 1.82) is 0 Å². The molecule has 3 aromatic rings. The molecule has 0 spiro atoms. The molecule has 1 unspecified atom stereocenters. The van der Waals surface area contributed by atoms with E-state index in [1.807, 2.05) is 6.92 Å². The molecule has 1 amide bonds. The SMILES string of the molecule is CC[C@@H]1COC2N=CNC=C2c2cc(C(=O)Nc3ccc(OC(F)(F)F)cc3)cc3nc(C)n1c23. The van der Waals surface area contributed by atoms with Gasteiger partial charge in [0, 0.05) is 28.6 Å². The van der Waals surface area contributed by atoms with E-state index in [1.165, 1.54) is 12.1 Å². The molecular formula is C24H22F3N5O3. The molecular weight excluding hydrogens is 463 g/mol. The Morgan fingerprint density at radius 1 is 1.29 bits per heavy atom. The third-order valence-corrected chi connectivity index (χ3v) is 5.95. The third-order valence-electron chi connectivity index (χ3n) is 5.95. The standard InChI is InChI=1S/C24H22F3N5O3/c1-3-16-11-34-23-19(10-28-12-29-23)18-8-14(9-20-21(18)32(16)13(2)30-20)22(33)31-15-4-6-17(7-5-15)35-24(25,26)27/h4-10,12,16,23H,3,11H2,1-2H3,(H,28,29)(H,31,33)/t16-,23?/m1/s1. The van der Waals surface area contributed by atoms with Crippen LogP contribution in [0.1, 0.15) is 41.1 Å². The second kappa shape index (κ2) is 8.73. The minimum Gasteiger partial charge on any atom is -0.406 e. The van der Waals surface area contributed by atoms with Crippen LogP contribution in [-0.2, 0) is 4.74 Å². The second-order valence-corrected chi connectivity index (χ2v) is 8.24. The van der Waals surface area contributed by atoms with Crippen LogP contribution < -0.4 is 15.4 Å². The van der Waals surface area contributed by atoms with E-state index in [0.717, 1.165) is 41.0 Å². The number of rotatable bonds is 4. The lowest BCUT2D eigenvalue weighted by molar-refractivity contribution is -0.274. The summed E-state index contributed by atoms with van der Waals surface area (Å²) in [6, 6.07) is 8.49. The molecule has 2 aliphatic heterocycles. The lowest BCUT2D eigenvalue weighted by atomic mass is 9.98. The number of fused-ring (bicyclic) bond motifs is 2. The predicted octanol–water partition coefficient (Wildman–Crippen LogP) is 4.78. The van der Waals surface area contributed by atoms with Gasteiger partial charge in [0.2, 0.25) is 0 Å². The normalized spacial score (nSPS) is 19.3. The van der Waals surface area contributed by atoms with Gasteiger partial charge in [-0.2, -0.15) is 0 Å². The van der Waals surface area contributed by atoms with Crippen molar-refractivity contribution >= 4 is 34.5 Å². The number of benzene rings is 2. The fraction of sp³-hybridized carbons (Fsp3) is 0.292. The van der Waals surface area contributed by atoms with E-state index in [0.29, 0.717) is 23.4 Å². The zero-order chi connectivity index (χ0) is 24.7. The quantitative estimate of drug-likeness (QED) is 0.556. The highest BCUT2D eigenvalue weighted by Gasteiger charge is 2.31. The second-order valence-electron chi connectivity index (χ2n) is 8.24. The van der Waals surface area contributed by atoms with Gasteiger partial charge in [-0.05, 0) is 49.7 Å². The molecule has 2 atom stereocenters. The Hall–Kier alpha value is -3.86. The van der Waals surface area contributed by atoms with Crippen LogP contribution in [-0.4, -0.2) is 41.0 Å². The van der Waals surface area contributed by atoms with Gasteiger partial charge in [-0.25, -0.2) is 9.98 Å². The molecule has 0 fully saturated rings. The summed E-state index contributed by atoms with van der Waals surface area (Å²) in [5.74, 6) is 0.00333. The number of aryl methyl sites for hydroxylation is 1. The number of hydrogen-bond acceptors (Lipinski definition) is 6. The zero-order valence-corrected chi connectivity index (χ0v) is 18.9. The van der Waals surface area contributed by atoms with Crippen LogP contribution in [0.15, 0.2) is 47.6 Å². The van der Waals surface area contributed by atoms with Gasteiger partial charge in [-0.1, -0.05) is 6.92 Å². The molecule has 3 heterocycles. The van der Waals surface area contributed by atoms with Crippen LogP contribution in [0.2, 0.25) is 0 Å². The van der Waals surface area contributed by atoms with Crippen molar-refractivity contribution in [3.8, 4) is 5.75 Å². The number of amides is 1. The van der Waals surface area contributed by atoms with Gasteiger partial charge in [0.05, 0.1) is 30.0 Å².